The molecule has 1 aromatic carbocycles. The predicted octanol–water partition coefficient (Wildman–Crippen LogP) is 2.96. The largest absolute Gasteiger partial charge is 0.435 e. The first-order valence-corrected chi connectivity index (χ1v) is 16.1. The van der Waals surface area contributed by atoms with Gasteiger partial charge in [0.05, 0.1) is 52.1 Å². The number of hydrogen-bond donors (Lipinski definition) is 4. The van der Waals surface area contributed by atoms with Crippen LogP contribution in [0.1, 0.15) is 45.9 Å². The van der Waals surface area contributed by atoms with Gasteiger partial charge in [-0.3, -0.25) is 14.4 Å². The zero-order chi connectivity index (χ0) is 35.9. The first-order chi connectivity index (χ1) is 23.7. The summed E-state index contributed by atoms with van der Waals surface area (Å²) in [6.07, 6.45) is -0.256. The third-order valence-corrected chi connectivity index (χ3v) is 9.28. The van der Waals surface area contributed by atoms with E-state index in [0.717, 1.165) is 17.1 Å². The summed E-state index contributed by atoms with van der Waals surface area (Å²) in [5, 5.41) is 19.2. The molecule has 2 saturated heterocycles. The third kappa shape index (κ3) is 7.01. The summed E-state index contributed by atoms with van der Waals surface area (Å²) in [7, 11) is 3.14. The second-order valence-corrected chi connectivity index (χ2v) is 12.7. The maximum atomic E-state index is 14.0. The number of amides is 3. The zero-order valence-corrected chi connectivity index (χ0v) is 27.7. The Morgan fingerprint density at radius 2 is 1.86 bits per heavy atom. The molecule has 0 radical (unpaired) electrons. The minimum atomic E-state index is -4.82. The number of aromatic nitrogens is 5. The highest BCUT2D eigenvalue weighted by molar-refractivity contribution is 6.34. The number of anilines is 2. The van der Waals surface area contributed by atoms with Crippen molar-refractivity contribution in [1.82, 2.24) is 39.4 Å². The van der Waals surface area contributed by atoms with Crippen LogP contribution in [0.3, 0.4) is 0 Å². The number of imidazole rings is 1. The fourth-order valence-electron chi connectivity index (χ4n) is 6.20. The number of rotatable bonds is 7. The first kappa shape index (κ1) is 34.8. The van der Waals surface area contributed by atoms with E-state index in [9.17, 15) is 32.7 Å². The summed E-state index contributed by atoms with van der Waals surface area (Å²) in [4.78, 5) is 50.8. The van der Waals surface area contributed by atoms with Gasteiger partial charge in [0.15, 0.2) is 17.3 Å². The van der Waals surface area contributed by atoms with Gasteiger partial charge in [-0.1, -0.05) is 11.6 Å². The fraction of sp³-hybridized carbons (Fsp3) is 0.375. The maximum Gasteiger partial charge on any atom is 0.435 e. The fourth-order valence-corrected chi connectivity index (χ4v) is 6.46. The van der Waals surface area contributed by atoms with Gasteiger partial charge in [-0.15, -0.1) is 0 Å². The van der Waals surface area contributed by atoms with Crippen LogP contribution in [0.2, 0.25) is 5.02 Å². The summed E-state index contributed by atoms with van der Waals surface area (Å²) < 4.78 is 44.2. The van der Waals surface area contributed by atoms with Crippen molar-refractivity contribution in [2.45, 2.75) is 43.6 Å². The van der Waals surface area contributed by atoms with Crippen molar-refractivity contribution >= 4 is 40.7 Å². The lowest BCUT2D eigenvalue weighted by atomic mass is 10.0. The molecule has 6 rings (SSSR count). The molecule has 2 atom stereocenters. The van der Waals surface area contributed by atoms with Crippen LogP contribution in [0.15, 0.2) is 48.9 Å². The molecule has 14 nitrogen and oxygen atoms in total. The van der Waals surface area contributed by atoms with E-state index >= 15 is 0 Å². The molecule has 0 bridgehead atoms. The summed E-state index contributed by atoms with van der Waals surface area (Å²) in [6, 6.07) is 6.82. The third-order valence-electron chi connectivity index (χ3n) is 8.97. The second-order valence-electron chi connectivity index (χ2n) is 12.3. The van der Waals surface area contributed by atoms with E-state index in [-0.39, 0.29) is 57.0 Å². The van der Waals surface area contributed by atoms with Gasteiger partial charge in [-0.05, 0) is 49.6 Å². The molecule has 18 heteroatoms. The van der Waals surface area contributed by atoms with Gasteiger partial charge >= 0.3 is 6.18 Å². The Morgan fingerprint density at radius 1 is 1.12 bits per heavy atom. The topological polar surface area (TPSA) is 177 Å². The average Bonchev–Trinajstić information content (AvgIpc) is 3.82. The van der Waals surface area contributed by atoms with E-state index < -0.39 is 29.9 Å². The number of likely N-dealkylation sites (N-methyl/N-ethyl adjacent to an activating group) is 1. The Hall–Kier alpha value is -5.00. The van der Waals surface area contributed by atoms with Gasteiger partial charge in [0.1, 0.15) is 0 Å². The van der Waals surface area contributed by atoms with Gasteiger partial charge < -0.3 is 35.8 Å². The van der Waals surface area contributed by atoms with Gasteiger partial charge in [0.2, 0.25) is 5.91 Å². The summed E-state index contributed by atoms with van der Waals surface area (Å²) >= 11 is 6.49. The molecule has 2 aliphatic rings. The number of benzene rings is 1. The number of likely N-dealkylation sites (tertiary alicyclic amines) is 1. The van der Waals surface area contributed by atoms with Crippen LogP contribution in [0.5, 0.6) is 0 Å². The number of nitrogens with zero attached hydrogens (tertiary/aromatic N) is 7. The van der Waals surface area contributed by atoms with E-state index in [1.807, 2.05) is 0 Å². The van der Waals surface area contributed by atoms with Crippen molar-refractivity contribution in [3.63, 3.8) is 0 Å². The number of aliphatic hydroxyl groups excluding tert-OH is 1. The number of alkyl halides is 3. The van der Waals surface area contributed by atoms with E-state index in [1.165, 1.54) is 48.1 Å². The van der Waals surface area contributed by atoms with Crippen molar-refractivity contribution in [3.05, 3.63) is 71.0 Å². The molecular weight excluding hydrogens is 681 g/mol. The number of aliphatic hydroxyl groups is 1. The molecule has 2 fully saturated rings. The molecule has 50 heavy (non-hydrogen) atoms. The molecule has 264 valence electrons. The highest BCUT2D eigenvalue weighted by Crippen LogP contribution is 2.37. The van der Waals surface area contributed by atoms with Gasteiger partial charge in [-0.2, -0.15) is 18.3 Å². The Morgan fingerprint density at radius 3 is 2.48 bits per heavy atom. The molecule has 0 aliphatic carbocycles. The molecule has 5 heterocycles. The Bertz CT molecular complexity index is 1920. The molecule has 0 spiro atoms. The van der Waals surface area contributed by atoms with Crippen molar-refractivity contribution in [3.8, 4) is 17.1 Å². The number of β-amino-alcohol motifs (C(OH)–C–C–N with tert-alkyl or cyclic N) is 1. The minimum Gasteiger partial charge on any atom is -0.397 e. The van der Waals surface area contributed by atoms with Crippen LogP contribution in [0, 0.1) is 0 Å². The number of pyridine rings is 1. The Labute approximate surface area is 289 Å². The molecule has 2 aliphatic heterocycles. The number of nitrogen functional groups attached to an aromatic ring is 1. The number of piperidine rings is 1. The lowest BCUT2D eigenvalue weighted by Gasteiger charge is -2.37. The highest BCUT2D eigenvalue weighted by atomic mass is 35.5. The van der Waals surface area contributed by atoms with E-state index in [2.05, 4.69) is 25.7 Å². The number of carbonyl (C=O) groups excluding carboxylic acids is 3. The van der Waals surface area contributed by atoms with Crippen LogP contribution in [-0.4, -0.2) is 102 Å². The van der Waals surface area contributed by atoms with Crippen molar-refractivity contribution in [2.75, 3.05) is 37.7 Å². The quantitative estimate of drug-likeness (QED) is 0.224. The summed E-state index contributed by atoms with van der Waals surface area (Å²) in [6.45, 7) is 1.20. The minimum absolute atomic E-state index is 0.0171. The van der Waals surface area contributed by atoms with Crippen LogP contribution < -0.4 is 16.4 Å². The lowest BCUT2D eigenvalue weighted by Crippen LogP contribution is -2.51. The van der Waals surface area contributed by atoms with Crippen LogP contribution >= 0.6 is 11.6 Å². The standard InChI is InChI=1S/C32H34ClF3N10O4/c1-43(31(50)24-12-20(47)14-38-24)19-7-9-45(10-8-19)30(49)21-5-4-18(11-23(21)33)41-29(48)28-40-15-25(44(28)2)22-16-46(42-27(22)32(34,35)36)26-6-3-17(37)13-39-26/h3-6,11,13,15-16,19-20,24,38,47H,7-10,12,14,37H2,1-2H3,(H,41,48)/t20-,24+/m1/s1. The number of carbonyl (C=O) groups is 3. The average molecular weight is 715 g/mol. The summed E-state index contributed by atoms with van der Waals surface area (Å²) in [5.41, 5.74) is 4.91. The van der Waals surface area contributed by atoms with Gasteiger partial charge in [0.25, 0.3) is 11.8 Å². The second kappa shape index (κ2) is 13.7. The number of hydrogen-bond acceptors (Lipinski definition) is 9. The smallest absolute Gasteiger partial charge is 0.397 e. The zero-order valence-electron chi connectivity index (χ0n) is 27.0. The van der Waals surface area contributed by atoms with E-state index in [1.54, 1.807) is 16.8 Å². The van der Waals surface area contributed by atoms with Crippen LogP contribution in [0.4, 0.5) is 24.5 Å². The Balaban J connectivity index is 1.11. The SMILES string of the molecule is CN(C(=O)[C@@H]1C[C@@H](O)CN1)C1CCN(C(=O)c2ccc(NC(=O)c3ncc(-c4cn(-c5ccc(N)cn5)nc4C(F)(F)F)n3C)cc2Cl)CC1. The van der Waals surface area contributed by atoms with Crippen molar-refractivity contribution < 1.29 is 32.7 Å². The molecule has 3 aromatic heterocycles. The normalized spacial score (nSPS) is 18.3. The number of nitrogens with one attached hydrogen (secondary N) is 2. The van der Waals surface area contributed by atoms with E-state index in [0.29, 0.717) is 44.6 Å². The van der Waals surface area contributed by atoms with Crippen molar-refractivity contribution in [2.24, 2.45) is 7.05 Å². The molecule has 4 aromatic rings. The molecule has 0 saturated carbocycles. The highest BCUT2D eigenvalue weighted by Gasteiger charge is 2.39. The van der Waals surface area contributed by atoms with Gasteiger partial charge in [0, 0.05) is 51.7 Å². The lowest BCUT2D eigenvalue weighted by molar-refractivity contribution is -0.141. The molecule has 3 amide bonds. The van der Waals surface area contributed by atoms with Crippen LogP contribution in [-0.2, 0) is 18.0 Å². The Kier molecular flexibility index (Phi) is 9.56. The monoisotopic (exact) mass is 714 g/mol. The van der Waals surface area contributed by atoms with Crippen molar-refractivity contribution in [1.29, 1.82) is 0 Å². The van der Waals surface area contributed by atoms with Crippen LogP contribution in [0.25, 0.3) is 17.1 Å². The molecule has 0 unspecified atom stereocenters. The predicted molar refractivity (Wildman–Crippen MR) is 176 cm³/mol. The maximum absolute atomic E-state index is 14.0. The molecular formula is C32H34ClF3N10O4. The van der Waals surface area contributed by atoms with Gasteiger partial charge in [-0.25, -0.2) is 14.6 Å². The molecule has 5 N–H and O–H groups in total. The van der Waals surface area contributed by atoms with E-state index in [4.69, 9.17) is 17.3 Å². The number of halogens is 4. The number of nitrogens with two attached hydrogens (primary N) is 1. The first-order valence-electron chi connectivity index (χ1n) is 15.7. The summed E-state index contributed by atoms with van der Waals surface area (Å²) in [5.74, 6) is -1.18.